The van der Waals surface area contributed by atoms with Gasteiger partial charge >= 0.3 is 0 Å². The van der Waals surface area contributed by atoms with Crippen LogP contribution >= 0.6 is 0 Å². The molecule has 2 saturated heterocycles. The Kier molecular flexibility index (Phi) is 9.85. The summed E-state index contributed by atoms with van der Waals surface area (Å²) in [7, 11) is 0. The van der Waals surface area contributed by atoms with Crippen LogP contribution in [0.1, 0.15) is 36.1 Å². The van der Waals surface area contributed by atoms with Gasteiger partial charge in [-0.25, -0.2) is 0 Å². The average molecular weight is 569 g/mol. The molecule has 2 aromatic carbocycles. The molecule has 2 aromatic rings. The topological polar surface area (TPSA) is 180 Å². The molecule has 10 atom stereocenters. The zero-order chi connectivity index (χ0) is 29.9. The summed E-state index contributed by atoms with van der Waals surface area (Å²) in [4.78, 5) is 0. The van der Waals surface area contributed by atoms with Crippen LogP contribution in [-0.4, -0.2) is 115 Å². The van der Waals surface area contributed by atoms with Gasteiger partial charge in [0.2, 0.25) is 0 Å². The summed E-state index contributed by atoms with van der Waals surface area (Å²) in [5, 5.41) is 78.7. The maximum atomic E-state index is 10.2. The molecule has 0 aliphatic carbocycles. The first-order valence-corrected chi connectivity index (χ1v) is 13.3. The minimum Gasteiger partial charge on any atom is -0.394 e. The van der Waals surface area contributed by atoms with Crippen molar-refractivity contribution in [2.45, 2.75) is 80.3 Å². The van der Waals surface area contributed by atoms with E-state index in [-0.39, 0.29) is 5.41 Å². The summed E-state index contributed by atoms with van der Waals surface area (Å²) in [5.41, 5.74) is 2.94. The van der Waals surface area contributed by atoms with Gasteiger partial charge in [-0.1, -0.05) is 61.8 Å². The van der Waals surface area contributed by atoms with E-state index in [0.29, 0.717) is 11.1 Å². The summed E-state index contributed by atoms with van der Waals surface area (Å²) >= 11 is 0. The fraction of sp³-hybridized carbons (Fsp3) is 0.484. The van der Waals surface area contributed by atoms with E-state index in [2.05, 4.69) is 37.5 Å². The van der Waals surface area contributed by atoms with E-state index in [1.165, 1.54) is 0 Å². The molecule has 10 heteroatoms. The van der Waals surface area contributed by atoms with Crippen LogP contribution in [0.25, 0.3) is 0 Å². The summed E-state index contributed by atoms with van der Waals surface area (Å²) < 4.78 is 10.9. The summed E-state index contributed by atoms with van der Waals surface area (Å²) in [6.45, 7) is 3.10. The first-order valence-electron chi connectivity index (χ1n) is 13.3. The number of aliphatic hydroxyl groups is 8. The van der Waals surface area contributed by atoms with Crippen molar-refractivity contribution in [3.63, 3.8) is 0 Å². The Morgan fingerprint density at radius 1 is 0.561 bits per heavy atom. The van der Waals surface area contributed by atoms with E-state index in [9.17, 15) is 40.9 Å². The fourth-order valence-corrected chi connectivity index (χ4v) is 4.86. The quantitative estimate of drug-likeness (QED) is 0.200. The van der Waals surface area contributed by atoms with Crippen LogP contribution in [0.15, 0.2) is 48.5 Å². The van der Waals surface area contributed by atoms with E-state index in [4.69, 9.17) is 9.47 Å². The molecule has 0 saturated carbocycles. The lowest BCUT2D eigenvalue weighted by molar-refractivity contribution is -0.214. The first kappa shape index (κ1) is 31.1. The first-order chi connectivity index (χ1) is 19.5. The number of benzene rings is 2. The SMILES string of the molecule is CC(C)(c1ccc(C#C[C@H]2O[C@H](CO)[C@@H](O)C(O)C2O)cc1)c1ccc(C#C[C@H]2O[C@H](CO)[C@@H](O)C(O)C2O)cc1. The van der Waals surface area contributed by atoms with Crippen molar-refractivity contribution in [1.29, 1.82) is 0 Å². The van der Waals surface area contributed by atoms with Crippen molar-refractivity contribution in [2.75, 3.05) is 13.2 Å². The Hall–Kier alpha value is -2.84. The van der Waals surface area contributed by atoms with Crippen LogP contribution in [0.4, 0.5) is 0 Å². The van der Waals surface area contributed by atoms with Gasteiger partial charge in [-0.2, -0.15) is 0 Å². The minimum atomic E-state index is -1.48. The fourth-order valence-electron chi connectivity index (χ4n) is 4.86. The predicted molar refractivity (Wildman–Crippen MR) is 146 cm³/mol. The Morgan fingerprint density at radius 2 is 0.902 bits per heavy atom. The van der Waals surface area contributed by atoms with Crippen LogP contribution in [-0.2, 0) is 14.9 Å². The molecule has 2 fully saturated rings. The summed E-state index contributed by atoms with van der Waals surface area (Å²) in [6.07, 6.45) is -12.8. The zero-order valence-corrected chi connectivity index (χ0v) is 22.7. The van der Waals surface area contributed by atoms with Crippen molar-refractivity contribution < 1.29 is 50.3 Å². The van der Waals surface area contributed by atoms with Gasteiger partial charge in [0.25, 0.3) is 0 Å². The summed E-state index contributed by atoms with van der Waals surface area (Å²) in [6, 6.07) is 15.0. The molecule has 2 aliphatic rings. The number of aliphatic hydroxyl groups excluding tert-OH is 8. The minimum absolute atomic E-state index is 0.382. The highest BCUT2D eigenvalue weighted by molar-refractivity contribution is 5.45. The zero-order valence-electron chi connectivity index (χ0n) is 22.7. The Morgan fingerprint density at radius 3 is 1.22 bits per heavy atom. The molecule has 0 spiro atoms. The molecule has 0 aromatic heterocycles. The normalized spacial score (nSPS) is 33.7. The van der Waals surface area contributed by atoms with Crippen molar-refractivity contribution in [3.8, 4) is 23.7 Å². The molecule has 0 amide bonds. The number of hydrogen-bond donors (Lipinski definition) is 8. The van der Waals surface area contributed by atoms with E-state index in [0.717, 1.165) is 11.1 Å². The van der Waals surface area contributed by atoms with Crippen LogP contribution in [0.2, 0.25) is 0 Å². The van der Waals surface area contributed by atoms with Gasteiger partial charge in [-0.15, -0.1) is 0 Å². The van der Waals surface area contributed by atoms with Gasteiger partial charge in [0.1, 0.15) is 61.0 Å². The molecule has 0 radical (unpaired) electrons. The lowest BCUT2D eigenvalue weighted by atomic mass is 9.78. The average Bonchev–Trinajstić information content (AvgIpc) is 2.98. The highest BCUT2D eigenvalue weighted by Gasteiger charge is 2.43. The lowest BCUT2D eigenvalue weighted by Crippen LogP contribution is -2.58. The van der Waals surface area contributed by atoms with Gasteiger partial charge in [-0.05, 0) is 35.4 Å². The molecule has 4 unspecified atom stereocenters. The van der Waals surface area contributed by atoms with Gasteiger partial charge in [0.05, 0.1) is 13.2 Å². The maximum Gasteiger partial charge on any atom is 0.147 e. The van der Waals surface area contributed by atoms with Crippen molar-refractivity contribution >= 4 is 0 Å². The van der Waals surface area contributed by atoms with Crippen LogP contribution in [0.5, 0.6) is 0 Å². The van der Waals surface area contributed by atoms with E-state index in [1.54, 1.807) is 0 Å². The third-order valence-corrected chi connectivity index (χ3v) is 7.72. The number of rotatable bonds is 4. The molecule has 10 nitrogen and oxygen atoms in total. The van der Waals surface area contributed by atoms with Crippen molar-refractivity contribution in [3.05, 3.63) is 70.8 Å². The number of ether oxygens (including phenoxy) is 2. The molecule has 0 bridgehead atoms. The molecule has 41 heavy (non-hydrogen) atoms. The molecule has 220 valence electrons. The standard InChI is InChI=1S/C31H36O10/c1-31(2,19-9-3-17(4-10-19)7-13-21-25(34)29(38)27(36)23(15-32)40-21)20-11-5-18(6-12-20)8-14-22-26(35)30(39)28(37)24(16-33)41-22/h3-6,9-12,21-30,32-39H,15-16H2,1-2H3/t21-,22-,23-,24-,25?,26?,27-,28-,29?,30?/m1/s1. The van der Waals surface area contributed by atoms with E-state index >= 15 is 0 Å². The molecule has 4 rings (SSSR count). The van der Waals surface area contributed by atoms with Crippen molar-refractivity contribution in [1.82, 2.24) is 0 Å². The molecule has 8 N–H and O–H groups in total. The van der Waals surface area contributed by atoms with Gasteiger partial charge in [-0.3, -0.25) is 0 Å². The highest BCUT2D eigenvalue weighted by Crippen LogP contribution is 2.32. The van der Waals surface area contributed by atoms with Crippen LogP contribution in [0, 0.1) is 23.7 Å². The molecule has 2 aliphatic heterocycles. The highest BCUT2D eigenvalue weighted by atomic mass is 16.5. The Labute approximate surface area is 238 Å². The Bertz CT molecular complexity index is 1180. The summed E-state index contributed by atoms with van der Waals surface area (Å²) in [5.74, 6) is 11.4. The van der Waals surface area contributed by atoms with Crippen LogP contribution in [0.3, 0.4) is 0 Å². The van der Waals surface area contributed by atoms with Gasteiger partial charge < -0.3 is 50.3 Å². The second-order valence-electron chi connectivity index (χ2n) is 10.8. The van der Waals surface area contributed by atoms with Gasteiger partial charge in [0.15, 0.2) is 0 Å². The largest absolute Gasteiger partial charge is 0.394 e. The van der Waals surface area contributed by atoms with Crippen molar-refractivity contribution in [2.24, 2.45) is 0 Å². The lowest BCUT2D eigenvalue weighted by Gasteiger charge is -2.37. The van der Waals surface area contributed by atoms with Crippen LogP contribution < -0.4 is 0 Å². The second kappa shape index (κ2) is 13.0. The van der Waals surface area contributed by atoms with Gasteiger partial charge in [0, 0.05) is 16.5 Å². The third kappa shape index (κ3) is 6.64. The smallest absolute Gasteiger partial charge is 0.147 e. The monoisotopic (exact) mass is 568 g/mol. The molecular weight excluding hydrogens is 532 g/mol. The predicted octanol–water partition coefficient (Wildman–Crippen LogP) is -1.60. The molecular formula is C31H36O10. The second-order valence-corrected chi connectivity index (χ2v) is 10.8. The van der Waals surface area contributed by atoms with E-state index < -0.39 is 74.3 Å². The maximum absolute atomic E-state index is 10.2. The number of hydrogen-bond acceptors (Lipinski definition) is 10. The third-order valence-electron chi connectivity index (χ3n) is 7.72. The Balaban J connectivity index is 1.44. The molecule has 2 heterocycles. The van der Waals surface area contributed by atoms with E-state index in [1.807, 2.05) is 48.5 Å².